The van der Waals surface area contributed by atoms with Crippen LogP contribution in [0, 0.1) is 0 Å². The van der Waals surface area contributed by atoms with Gasteiger partial charge < -0.3 is 29.0 Å². The Bertz CT molecular complexity index is 1080. The molecule has 0 saturated carbocycles. The molecule has 0 radical (unpaired) electrons. The van der Waals surface area contributed by atoms with E-state index in [4.69, 9.17) is 23.7 Å². The summed E-state index contributed by atoms with van der Waals surface area (Å²) in [5.41, 5.74) is 0.696. The summed E-state index contributed by atoms with van der Waals surface area (Å²) >= 11 is 0. The summed E-state index contributed by atoms with van der Waals surface area (Å²) in [7, 11) is 0. The van der Waals surface area contributed by atoms with Crippen molar-refractivity contribution in [3.63, 3.8) is 0 Å². The number of hydrogen-bond donors (Lipinski definition) is 1. The van der Waals surface area contributed by atoms with E-state index in [9.17, 15) is 24.0 Å². The molecule has 1 aromatic carbocycles. The highest BCUT2D eigenvalue weighted by molar-refractivity contribution is 5.77. The Kier molecular flexibility index (Phi) is 18.6. The highest BCUT2D eigenvalue weighted by atomic mass is 16.7. The van der Waals surface area contributed by atoms with Crippen molar-refractivity contribution in [2.75, 3.05) is 6.61 Å². The Morgan fingerprint density at radius 3 is 1.78 bits per heavy atom. The van der Waals surface area contributed by atoms with Crippen molar-refractivity contribution in [1.82, 2.24) is 5.32 Å². The Hall–Kier alpha value is -3.47. The fourth-order valence-electron chi connectivity index (χ4n) is 5.47. The summed E-state index contributed by atoms with van der Waals surface area (Å²) in [6.45, 7) is 5.38. The fourth-order valence-corrected chi connectivity index (χ4v) is 5.47. The average molecular weight is 648 g/mol. The van der Waals surface area contributed by atoms with Crippen LogP contribution in [0.5, 0.6) is 0 Å². The van der Waals surface area contributed by atoms with E-state index in [0.29, 0.717) is 12.0 Å². The van der Waals surface area contributed by atoms with Crippen molar-refractivity contribution >= 4 is 29.8 Å². The van der Waals surface area contributed by atoms with Crippen LogP contribution in [0.1, 0.15) is 117 Å². The molecular formula is C35H53NO10. The molecule has 1 heterocycles. The van der Waals surface area contributed by atoms with Gasteiger partial charge in [0.15, 0.2) is 12.2 Å². The molecule has 5 atom stereocenters. The zero-order chi connectivity index (χ0) is 33.7. The summed E-state index contributed by atoms with van der Waals surface area (Å²) in [5, 5.41) is 2.80. The van der Waals surface area contributed by atoms with Gasteiger partial charge in [-0.05, 0) is 12.0 Å². The molecule has 1 saturated heterocycles. The lowest BCUT2D eigenvalue weighted by molar-refractivity contribution is -0.271. The number of carbonyl (C=O) groups excluding carboxylic acids is 5. The van der Waals surface area contributed by atoms with Crippen molar-refractivity contribution < 1.29 is 47.7 Å². The molecule has 0 aliphatic carbocycles. The van der Waals surface area contributed by atoms with E-state index >= 15 is 0 Å². The molecule has 1 N–H and O–H groups in total. The minimum absolute atomic E-state index is 0.0829. The summed E-state index contributed by atoms with van der Waals surface area (Å²) < 4.78 is 27.8. The largest absolute Gasteiger partial charge is 0.463 e. The number of carbonyl (C=O) groups is 5. The van der Waals surface area contributed by atoms with Gasteiger partial charge in [-0.15, -0.1) is 0 Å². The van der Waals surface area contributed by atoms with Crippen LogP contribution in [0.4, 0.5) is 0 Å². The second kappa shape index (κ2) is 22.1. The lowest BCUT2D eigenvalue weighted by atomic mass is 9.95. The van der Waals surface area contributed by atoms with E-state index in [1.807, 2.05) is 6.07 Å². The standard InChI is InChI=1S/C35H53NO10/c1-5-6-7-8-9-10-11-12-13-14-15-19-22-30(40)36-32-34(44-27(4)39)33(43-26(3)38)29(24-42-25(2)37)45-35(32)46-31(41)23-28-20-17-16-18-21-28/h16-18,20-21,29,32-35H,5-15,19,22-24H2,1-4H3,(H,36,40)/t29-,32+,33+,34-,35+/m0/s1. The number of esters is 4. The minimum Gasteiger partial charge on any atom is -0.463 e. The van der Waals surface area contributed by atoms with Gasteiger partial charge in [0, 0.05) is 27.2 Å². The fraction of sp³-hybridized carbons (Fsp3) is 0.686. The normalized spacial score (nSPS) is 20.7. The van der Waals surface area contributed by atoms with Crippen LogP contribution in [0.3, 0.4) is 0 Å². The topological polar surface area (TPSA) is 144 Å². The van der Waals surface area contributed by atoms with Crippen molar-refractivity contribution in [2.45, 2.75) is 148 Å². The van der Waals surface area contributed by atoms with Gasteiger partial charge in [-0.3, -0.25) is 24.0 Å². The van der Waals surface area contributed by atoms with Crippen LogP contribution in [-0.2, 0) is 54.1 Å². The van der Waals surface area contributed by atoms with Crippen molar-refractivity contribution in [3.8, 4) is 0 Å². The molecule has 0 bridgehead atoms. The maximum absolute atomic E-state index is 13.1. The zero-order valence-corrected chi connectivity index (χ0v) is 28.0. The quantitative estimate of drug-likeness (QED) is 0.103. The number of hydrogen-bond acceptors (Lipinski definition) is 10. The Balaban J connectivity index is 2.06. The highest BCUT2D eigenvalue weighted by Crippen LogP contribution is 2.28. The Labute approximate surface area is 273 Å². The molecule has 11 nitrogen and oxygen atoms in total. The van der Waals surface area contributed by atoms with Crippen LogP contribution in [0.25, 0.3) is 0 Å². The number of benzene rings is 1. The molecule has 2 rings (SSSR count). The zero-order valence-electron chi connectivity index (χ0n) is 28.0. The molecule has 1 aromatic rings. The van der Waals surface area contributed by atoms with Gasteiger partial charge in [0.25, 0.3) is 0 Å². The van der Waals surface area contributed by atoms with E-state index in [1.165, 1.54) is 72.1 Å². The third-order valence-electron chi connectivity index (χ3n) is 7.73. The SMILES string of the molecule is CCCCCCCCCCCCCCC(=O)N[C@H]1[C@@H](OC(=O)Cc2ccccc2)O[C@@H](COC(C)=O)[C@@H](OC(C)=O)[C@H]1OC(C)=O. The number of rotatable bonds is 21. The lowest BCUT2D eigenvalue weighted by Gasteiger charge is -2.44. The van der Waals surface area contributed by atoms with E-state index < -0.39 is 54.5 Å². The van der Waals surface area contributed by atoms with Crippen molar-refractivity contribution in [1.29, 1.82) is 0 Å². The number of nitrogens with one attached hydrogen (secondary N) is 1. The first-order valence-electron chi connectivity index (χ1n) is 16.8. The first-order valence-corrected chi connectivity index (χ1v) is 16.8. The maximum Gasteiger partial charge on any atom is 0.312 e. The first-order chi connectivity index (χ1) is 22.1. The van der Waals surface area contributed by atoms with Crippen LogP contribution >= 0.6 is 0 Å². The van der Waals surface area contributed by atoms with Crippen LogP contribution in [-0.4, -0.2) is 67.0 Å². The van der Waals surface area contributed by atoms with Gasteiger partial charge in [-0.2, -0.15) is 0 Å². The molecule has 1 aliphatic rings. The summed E-state index contributed by atoms with van der Waals surface area (Å²) in [6.07, 6.45) is 8.84. The average Bonchev–Trinajstić information content (AvgIpc) is 2.99. The van der Waals surface area contributed by atoms with Gasteiger partial charge >= 0.3 is 23.9 Å². The maximum atomic E-state index is 13.1. The van der Waals surface area contributed by atoms with E-state index in [2.05, 4.69) is 12.2 Å². The molecular weight excluding hydrogens is 594 g/mol. The molecule has 1 fully saturated rings. The monoisotopic (exact) mass is 647 g/mol. The number of amides is 1. The molecule has 0 spiro atoms. The van der Waals surface area contributed by atoms with E-state index in [0.717, 1.165) is 19.3 Å². The molecule has 46 heavy (non-hydrogen) atoms. The highest BCUT2D eigenvalue weighted by Gasteiger charge is 2.52. The molecule has 0 unspecified atom stereocenters. The van der Waals surface area contributed by atoms with Gasteiger partial charge in [0.1, 0.15) is 18.8 Å². The van der Waals surface area contributed by atoms with Gasteiger partial charge in [0.05, 0.1) is 6.42 Å². The van der Waals surface area contributed by atoms with Gasteiger partial charge in [-0.25, -0.2) is 0 Å². The second-order valence-corrected chi connectivity index (χ2v) is 11.9. The predicted octanol–water partition coefficient (Wildman–Crippen LogP) is 5.50. The summed E-state index contributed by atoms with van der Waals surface area (Å²) in [6, 6.07) is 7.71. The number of ether oxygens (including phenoxy) is 5. The third-order valence-corrected chi connectivity index (χ3v) is 7.73. The van der Waals surface area contributed by atoms with Gasteiger partial charge in [-0.1, -0.05) is 108 Å². The Morgan fingerprint density at radius 1 is 0.696 bits per heavy atom. The van der Waals surface area contributed by atoms with Crippen LogP contribution in [0.2, 0.25) is 0 Å². The van der Waals surface area contributed by atoms with E-state index in [1.54, 1.807) is 24.3 Å². The smallest absolute Gasteiger partial charge is 0.312 e. The van der Waals surface area contributed by atoms with Crippen molar-refractivity contribution in [2.24, 2.45) is 0 Å². The summed E-state index contributed by atoms with van der Waals surface area (Å²) in [5.74, 6) is -3.06. The predicted molar refractivity (Wildman–Crippen MR) is 170 cm³/mol. The van der Waals surface area contributed by atoms with E-state index in [-0.39, 0.29) is 25.4 Å². The minimum atomic E-state index is -1.43. The molecule has 1 amide bonds. The van der Waals surface area contributed by atoms with Crippen LogP contribution in [0.15, 0.2) is 30.3 Å². The lowest BCUT2D eigenvalue weighted by Crippen LogP contribution is -2.67. The molecule has 1 aliphatic heterocycles. The summed E-state index contributed by atoms with van der Waals surface area (Å²) in [4.78, 5) is 62.0. The molecule has 0 aromatic heterocycles. The number of unbranched alkanes of at least 4 members (excludes halogenated alkanes) is 11. The van der Waals surface area contributed by atoms with Crippen molar-refractivity contribution in [3.05, 3.63) is 35.9 Å². The van der Waals surface area contributed by atoms with Gasteiger partial charge in [0.2, 0.25) is 12.2 Å². The second-order valence-electron chi connectivity index (χ2n) is 11.9. The third kappa shape index (κ3) is 15.7. The van der Waals surface area contributed by atoms with Crippen LogP contribution < -0.4 is 5.32 Å². The molecule has 11 heteroatoms. The molecule has 258 valence electrons. The Morgan fingerprint density at radius 2 is 1.24 bits per heavy atom. The first kappa shape index (κ1) is 38.7.